The number of β-amino-alcohol motifs (C(OH)–C–C–N with tert-alkyl or cyclic N) is 1. The molecular formula is C26H25F2N5O2. The summed E-state index contributed by atoms with van der Waals surface area (Å²) in [6.07, 6.45) is 4.11. The minimum absolute atomic E-state index is 0.0158. The van der Waals surface area contributed by atoms with Gasteiger partial charge in [-0.05, 0) is 29.0 Å². The van der Waals surface area contributed by atoms with E-state index in [9.17, 15) is 13.9 Å². The molecule has 0 aliphatic carbocycles. The van der Waals surface area contributed by atoms with Crippen molar-refractivity contribution in [3.8, 4) is 5.75 Å². The normalized spacial score (nSPS) is 16.3. The summed E-state index contributed by atoms with van der Waals surface area (Å²) in [5.74, 6) is -0.817. The van der Waals surface area contributed by atoms with Crippen LogP contribution in [0.15, 0.2) is 78.5 Å². The van der Waals surface area contributed by atoms with Gasteiger partial charge in [-0.15, -0.1) is 0 Å². The Morgan fingerprint density at radius 2 is 1.77 bits per heavy atom. The van der Waals surface area contributed by atoms with Crippen molar-refractivity contribution in [3.05, 3.63) is 90.5 Å². The lowest BCUT2D eigenvalue weighted by atomic mass is 9.91. The first-order valence-electron chi connectivity index (χ1n) is 11.4. The van der Waals surface area contributed by atoms with Crippen LogP contribution in [0.2, 0.25) is 0 Å². The summed E-state index contributed by atoms with van der Waals surface area (Å²) in [6.45, 7) is 1.36. The number of aromatic nitrogens is 3. The Labute approximate surface area is 201 Å². The first-order valence-corrected chi connectivity index (χ1v) is 11.4. The molecule has 1 N–H and O–H groups in total. The van der Waals surface area contributed by atoms with Crippen LogP contribution in [0.5, 0.6) is 5.75 Å². The van der Waals surface area contributed by atoms with E-state index in [1.54, 1.807) is 0 Å². The van der Waals surface area contributed by atoms with Crippen LogP contribution in [0, 0.1) is 11.6 Å². The van der Waals surface area contributed by atoms with E-state index in [0.29, 0.717) is 31.7 Å². The number of likely N-dealkylation sites (tertiary alicyclic amines) is 1. The molecule has 1 aliphatic heterocycles. The van der Waals surface area contributed by atoms with Crippen LogP contribution >= 0.6 is 0 Å². The molecule has 0 amide bonds. The predicted molar refractivity (Wildman–Crippen MR) is 128 cm³/mol. The number of benzene rings is 3. The second kappa shape index (κ2) is 9.89. The molecule has 2 heterocycles. The minimum Gasteiger partial charge on any atom is -0.382 e. The number of aliphatic hydroxyl groups is 1. The van der Waals surface area contributed by atoms with E-state index in [-0.39, 0.29) is 18.7 Å². The quantitative estimate of drug-likeness (QED) is 0.405. The lowest BCUT2D eigenvalue weighted by Gasteiger charge is -2.36. The van der Waals surface area contributed by atoms with Gasteiger partial charge >= 0.3 is 0 Å². The Bertz CT molecular complexity index is 1330. The van der Waals surface area contributed by atoms with Gasteiger partial charge in [0.25, 0.3) is 0 Å². The fraction of sp³-hybridized carbons (Fsp3) is 0.269. The van der Waals surface area contributed by atoms with E-state index in [2.05, 4.69) is 15.2 Å². The van der Waals surface area contributed by atoms with Gasteiger partial charge in [-0.1, -0.05) is 41.6 Å². The fourth-order valence-corrected chi connectivity index (χ4v) is 4.44. The van der Waals surface area contributed by atoms with Crippen molar-refractivity contribution in [2.75, 3.05) is 19.6 Å². The van der Waals surface area contributed by atoms with Gasteiger partial charge in [-0.2, -0.15) is 5.10 Å². The molecule has 0 radical (unpaired) electrons. The van der Waals surface area contributed by atoms with E-state index in [1.165, 1.54) is 23.4 Å². The van der Waals surface area contributed by atoms with E-state index in [0.717, 1.165) is 28.6 Å². The molecule has 1 atom stereocenters. The van der Waals surface area contributed by atoms with Gasteiger partial charge in [0.05, 0.1) is 12.3 Å². The van der Waals surface area contributed by atoms with Crippen molar-refractivity contribution in [2.45, 2.75) is 25.0 Å². The zero-order valence-electron chi connectivity index (χ0n) is 19.0. The molecule has 0 saturated carbocycles. The molecule has 1 fully saturated rings. The number of hydrogen-bond acceptors (Lipinski definition) is 6. The second-order valence-corrected chi connectivity index (χ2v) is 8.78. The average molecular weight is 478 g/mol. The van der Waals surface area contributed by atoms with Gasteiger partial charge in [0.15, 0.2) is 5.75 Å². The Morgan fingerprint density at radius 1 is 0.971 bits per heavy atom. The molecule has 1 saturated heterocycles. The molecule has 4 aromatic rings. The number of piperidine rings is 1. The molecule has 0 bridgehead atoms. The van der Waals surface area contributed by atoms with Gasteiger partial charge in [0.2, 0.25) is 0 Å². The molecule has 180 valence electrons. The third-order valence-electron chi connectivity index (χ3n) is 6.24. The van der Waals surface area contributed by atoms with Gasteiger partial charge in [0, 0.05) is 44.1 Å². The zero-order valence-corrected chi connectivity index (χ0v) is 19.0. The SMILES string of the molecule is OC(CN1CCC(=NOc2ccc3ccccc3c2)CC1)(Cn1cncn1)c1ccc(F)cc1F. The number of hydrogen-bond donors (Lipinski definition) is 1. The molecule has 1 aromatic heterocycles. The number of rotatable bonds is 7. The summed E-state index contributed by atoms with van der Waals surface area (Å²) in [5, 5.41) is 22.1. The summed E-state index contributed by atoms with van der Waals surface area (Å²) in [6, 6.07) is 17.1. The van der Waals surface area contributed by atoms with Crippen molar-refractivity contribution in [2.24, 2.45) is 5.16 Å². The Morgan fingerprint density at radius 3 is 2.51 bits per heavy atom. The minimum atomic E-state index is -1.62. The zero-order chi connectivity index (χ0) is 24.3. The van der Waals surface area contributed by atoms with Crippen LogP contribution in [-0.2, 0) is 12.1 Å². The standard InChI is InChI=1S/C26H25F2N5O2/c27-21-6-8-24(25(28)14-21)26(34,16-33-18-29-17-30-33)15-32-11-9-22(10-12-32)31-35-23-7-5-19-3-1-2-4-20(19)13-23/h1-8,13-14,17-18,34H,9-12,15-16H2. The molecule has 9 heteroatoms. The van der Waals surface area contributed by atoms with Gasteiger partial charge in [0.1, 0.15) is 29.9 Å². The molecule has 0 spiro atoms. The number of fused-ring (bicyclic) bond motifs is 1. The molecule has 1 unspecified atom stereocenters. The molecule has 1 aliphatic rings. The van der Waals surface area contributed by atoms with Crippen molar-refractivity contribution in [1.82, 2.24) is 19.7 Å². The number of nitrogens with zero attached hydrogens (tertiary/aromatic N) is 5. The van der Waals surface area contributed by atoms with Gasteiger partial charge in [-0.3, -0.25) is 4.90 Å². The maximum absolute atomic E-state index is 14.7. The highest BCUT2D eigenvalue weighted by Gasteiger charge is 2.36. The van der Waals surface area contributed by atoms with E-state index >= 15 is 0 Å². The number of oxime groups is 1. The van der Waals surface area contributed by atoms with Crippen LogP contribution in [0.1, 0.15) is 18.4 Å². The van der Waals surface area contributed by atoms with E-state index in [1.807, 2.05) is 47.4 Å². The van der Waals surface area contributed by atoms with Crippen LogP contribution in [0.4, 0.5) is 8.78 Å². The topological polar surface area (TPSA) is 75.8 Å². The van der Waals surface area contributed by atoms with Crippen LogP contribution < -0.4 is 4.84 Å². The Balaban J connectivity index is 1.26. The fourth-order valence-electron chi connectivity index (χ4n) is 4.44. The summed E-state index contributed by atoms with van der Waals surface area (Å²) in [7, 11) is 0. The molecule has 7 nitrogen and oxygen atoms in total. The summed E-state index contributed by atoms with van der Waals surface area (Å²) < 4.78 is 29.6. The third-order valence-corrected chi connectivity index (χ3v) is 6.24. The predicted octanol–water partition coefficient (Wildman–Crippen LogP) is 4.13. The monoisotopic (exact) mass is 477 g/mol. The lowest BCUT2D eigenvalue weighted by Crippen LogP contribution is -2.47. The van der Waals surface area contributed by atoms with Gasteiger partial charge < -0.3 is 9.94 Å². The largest absolute Gasteiger partial charge is 0.382 e. The summed E-state index contributed by atoms with van der Waals surface area (Å²) in [5.41, 5.74) is -0.683. The highest BCUT2D eigenvalue weighted by molar-refractivity contribution is 5.85. The maximum atomic E-state index is 14.7. The highest BCUT2D eigenvalue weighted by Crippen LogP contribution is 2.29. The van der Waals surface area contributed by atoms with E-state index in [4.69, 9.17) is 4.84 Å². The molecule has 35 heavy (non-hydrogen) atoms. The second-order valence-electron chi connectivity index (χ2n) is 8.78. The van der Waals surface area contributed by atoms with Crippen LogP contribution in [0.25, 0.3) is 10.8 Å². The summed E-state index contributed by atoms with van der Waals surface area (Å²) in [4.78, 5) is 11.6. The average Bonchev–Trinajstić information content (AvgIpc) is 3.36. The maximum Gasteiger partial charge on any atom is 0.158 e. The van der Waals surface area contributed by atoms with Crippen molar-refractivity contribution < 1.29 is 18.7 Å². The highest BCUT2D eigenvalue weighted by atomic mass is 19.1. The summed E-state index contributed by atoms with van der Waals surface area (Å²) >= 11 is 0. The lowest BCUT2D eigenvalue weighted by molar-refractivity contribution is -0.0219. The first kappa shape index (κ1) is 23.1. The number of halogens is 2. The smallest absolute Gasteiger partial charge is 0.158 e. The Hall–Kier alpha value is -3.69. The molecular weight excluding hydrogens is 452 g/mol. The molecule has 5 rings (SSSR count). The van der Waals surface area contributed by atoms with Crippen LogP contribution in [-0.4, -0.2) is 50.1 Å². The Kier molecular flexibility index (Phi) is 6.52. The first-order chi connectivity index (χ1) is 17.0. The van der Waals surface area contributed by atoms with Crippen molar-refractivity contribution in [3.63, 3.8) is 0 Å². The van der Waals surface area contributed by atoms with Gasteiger partial charge in [-0.25, -0.2) is 18.4 Å². The molecule has 3 aromatic carbocycles. The van der Waals surface area contributed by atoms with Crippen molar-refractivity contribution in [1.29, 1.82) is 0 Å². The third kappa shape index (κ3) is 5.36. The van der Waals surface area contributed by atoms with Crippen molar-refractivity contribution >= 4 is 16.5 Å². The van der Waals surface area contributed by atoms with Crippen LogP contribution in [0.3, 0.4) is 0 Å². The van der Waals surface area contributed by atoms with E-state index < -0.39 is 17.2 Å².